The number of carboxylic acid groups (broad SMARTS) is 1. The molecule has 1 aromatic rings. The number of nitrogens with one attached hydrogen (secondary N) is 1. The average molecular weight is 225 g/mol. The predicted molar refractivity (Wildman–Crippen MR) is 55.6 cm³/mol. The number of hydrogen-bond acceptors (Lipinski definition) is 4. The second-order valence-corrected chi connectivity index (χ2v) is 2.82. The normalized spacial score (nSPS) is 9.31. The number of benzene rings is 1. The maximum absolute atomic E-state index is 10.8. The first-order valence-corrected chi connectivity index (χ1v) is 4.41. The van der Waals surface area contributed by atoms with Crippen LogP contribution in [0, 0.1) is 0 Å². The third kappa shape index (κ3) is 3.87. The molecule has 86 valence electrons. The van der Waals surface area contributed by atoms with Crippen LogP contribution in [-0.4, -0.2) is 30.9 Å². The van der Waals surface area contributed by atoms with Gasteiger partial charge in [0.15, 0.2) is 6.61 Å². The van der Waals surface area contributed by atoms with Gasteiger partial charge >= 0.3 is 12.1 Å². The van der Waals surface area contributed by atoms with E-state index in [9.17, 15) is 9.59 Å². The summed E-state index contributed by atoms with van der Waals surface area (Å²) in [6, 6.07) is 6.25. The SMILES string of the molecule is COC(=O)Nc1ccc(OCC(=O)O)cc1. The maximum Gasteiger partial charge on any atom is 0.411 e. The lowest BCUT2D eigenvalue weighted by molar-refractivity contribution is -0.139. The Labute approximate surface area is 91.8 Å². The molecule has 0 aliphatic rings. The van der Waals surface area contributed by atoms with Crippen molar-refractivity contribution >= 4 is 17.7 Å². The number of amides is 1. The number of ether oxygens (including phenoxy) is 2. The molecule has 0 fully saturated rings. The van der Waals surface area contributed by atoms with Crippen molar-refractivity contribution in [2.45, 2.75) is 0 Å². The number of anilines is 1. The molecule has 0 bridgehead atoms. The molecule has 1 aromatic carbocycles. The molecule has 0 saturated carbocycles. The highest BCUT2D eigenvalue weighted by atomic mass is 16.5. The van der Waals surface area contributed by atoms with Crippen LogP contribution in [0.3, 0.4) is 0 Å². The van der Waals surface area contributed by atoms with E-state index in [4.69, 9.17) is 9.84 Å². The summed E-state index contributed by atoms with van der Waals surface area (Å²) in [4.78, 5) is 21.1. The van der Waals surface area contributed by atoms with Gasteiger partial charge in [-0.3, -0.25) is 5.32 Å². The summed E-state index contributed by atoms with van der Waals surface area (Å²) >= 11 is 0. The van der Waals surface area contributed by atoms with Crippen LogP contribution in [0.25, 0.3) is 0 Å². The molecule has 0 spiro atoms. The summed E-state index contributed by atoms with van der Waals surface area (Å²) in [6.07, 6.45) is -0.570. The van der Waals surface area contributed by atoms with E-state index in [1.165, 1.54) is 7.11 Å². The largest absolute Gasteiger partial charge is 0.482 e. The lowest BCUT2D eigenvalue weighted by atomic mass is 10.3. The Hall–Kier alpha value is -2.24. The molecule has 1 amide bonds. The van der Waals surface area contributed by atoms with Crippen LogP contribution < -0.4 is 10.1 Å². The summed E-state index contributed by atoms with van der Waals surface area (Å²) in [7, 11) is 1.26. The van der Waals surface area contributed by atoms with E-state index < -0.39 is 18.7 Å². The maximum atomic E-state index is 10.8. The molecule has 0 aliphatic heterocycles. The van der Waals surface area contributed by atoms with Crippen molar-refractivity contribution in [3.8, 4) is 5.75 Å². The molecular weight excluding hydrogens is 214 g/mol. The molecule has 6 heteroatoms. The summed E-state index contributed by atoms with van der Waals surface area (Å²) in [5.74, 6) is -0.630. The molecule has 0 aliphatic carbocycles. The van der Waals surface area contributed by atoms with Gasteiger partial charge in [0.05, 0.1) is 7.11 Å². The van der Waals surface area contributed by atoms with E-state index in [0.717, 1.165) is 0 Å². The topological polar surface area (TPSA) is 84.9 Å². The van der Waals surface area contributed by atoms with E-state index in [-0.39, 0.29) is 0 Å². The van der Waals surface area contributed by atoms with Gasteiger partial charge in [0, 0.05) is 5.69 Å². The Morgan fingerprint density at radius 2 is 1.94 bits per heavy atom. The van der Waals surface area contributed by atoms with Crippen LogP contribution in [0.2, 0.25) is 0 Å². The van der Waals surface area contributed by atoms with E-state index in [2.05, 4.69) is 10.1 Å². The number of carbonyl (C=O) groups excluding carboxylic acids is 1. The smallest absolute Gasteiger partial charge is 0.411 e. The van der Waals surface area contributed by atoms with Crippen molar-refractivity contribution in [1.82, 2.24) is 0 Å². The van der Waals surface area contributed by atoms with Crippen LogP contribution in [0.4, 0.5) is 10.5 Å². The molecule has 0 radical (unpaired) electrons. The first-order chi connectivity index (χ1) is 7.61. The Morgan fingerprint density at radius 1 is 1.31 bits per heavy atom. The zero-order chi connectivity index (χ0) is 12.0. The van der Waals surface area contributed by atoms with E-state index in [0.29, 0.717) is 11.4 Å². The number of carbonyl (C=O) groups is 2. The third-order valence-electron chi connectivity index (χ3n) is 1.65. The molecule has 2 N–H and O–H groups in total. The van der Waals surface area contributed by atoms with Crippen molar-refractivity contribution in [3.63, 3.8) is 0 Å². The fourth-order valence-electron chi connectivity index (χ4n) is 0.948. The fraction of sp³-hybridized carbons (Fsp3) is 0.200. The van der Waals surface area contributed by atoms with Crippen LogP contribution in [-0.2, 0) is 9.53 Å². The quantitative estimate of drug-likeness (QED) is 0.807. The zero-order valence-electron chi connectivity index (χ0n) is 8.60. The van der Waals surface area contributed by atoms with Gasteiger partial charge in [0.25, 0.3) is 0 Å². The number of rotatable bonds is 4. The van der Waals surface area contributed by atoms with Crippen molar-refractivity contribution in [1.29, 1.82) is 0 Å². The summed E-state index contributed by atoms with van der Waals surface area (Å²) in [5.41, 5.74) is 0.537. The Kier molecular flexibility index (Phi) is 4.14. The van der Waals surface area contributed by atoms with Gasteiger partial charge in [0.2, 0.25) is 0 Å². The molecule has 0 unspecified atom stereocenters. The number of hydrogen-bond donors (Lipinski definition) is 2. The fourth-order valence-corrected chi connectivity index (χ4v) is 0.948. The zero-order valence-corrected chi connectivity index (χ0v) is 8.60. The predicted octanol–water partition coefficient (Wildman–Crippen LogP) is 1.33. The molecule has 0 heterocycles. The second kappa shape index (κ2) is 5.59. The standard InChI is InChI=1S/C10H11NO5/c1-15-10(14)11-7-2-4-8(5-3-7)16-6-9(12)13/h2-5H,6H2,1H3,(H,11,14)(H,12,13). The summed E-state index contributed by atoms with van der Waals surface area (Å²) in [6.45, 7) is -0.399. The molecule has 1 rings (SSSR count). The van der Waals surface area contributed by atoms with Gasteiger partial charge in [-0.05, 0) is 24.3 Å². The Morgan fingerprint density at radius 3 is 2.44 bits per heavy atom. The highest BCUT2D eigenvalue weighted by Gasteiger charge is 2.02. The molecule has 16 heavy (non-hydrogen) atoms. The van der Waals surface area contributed by atoms with Crippen molar-refractivity contribution in [3.05, 3.63) is 24.3 Å². The molecule has 6 nitrogen and oxygen atoms in total. The monoisotopic (exact) mass is 225 g/mol. The van der Waals surface area contributed by atoms with E-state index in [1.54, 1.807) is 24.3 Å². The van der Waals surface area contributed by atoms with Crippen molar-refractivity contribution < 1.29 is 24.2 Å². The van der Waals surface area contributed by atoms with Crippen LogP contribution in [0.5, 0.6) is 5.75 Å². The minimum absolute atomic E-state index is 0.399. The second-order valence-electron chi connectivity index (χ2n) is 2.82. The minimum Gasteiger partial charge on any atom is -0.482 e. The van der Waals surface area contributed by atoms with Gasteiger partial charge in [-0.1, -0.05) is 0 Å². The Balaban J connectivity index is 2.54. The van der Waals surface area contributed by atoms with Crippen LogP contribution in [0.15, 0.2) is 24.3 Å². The van der Waals surface area contributed by atoms with Gasteiger partial charge in [-0.15, -0.1) is 0 Å². The van der Waals surface area contributed by atoms with Crippen LogP contribution >= 0.6 is 0 Å². The third-order valence-corrected chi connectivity index (χ3v) is 1.65. The van der Waals surface area contributed by atoms with Crippen LogP contribution in [0.1, 0.15) is 0 Å². The van der Waals surface area contributed by atoms with E-state index >= 15 is 0 Å². The van der Waals surface area contributed by atoms with E-state index in [1.807, 2.05) is 0 Å². The first-order valence-electron chi connectivity index (χ1n) is 4.41. The number of carboxylic acids is 1. The molecular formula is C10H11NO5. The highest BCUT2D eigenvalue weighted by molar-refractivity contribution is 5.84. The number of aliphatic carboxylic acids is 1. The van der Waals surface area contributed by atoms with Crippen molar-refractivity contribution in [2.75, 3.05) is 19.0 Å². The number of methoxy groups -OCH3 is 1. The molecule has 0 atom stereocenters. The van der Waals surface area contributed by atoms with Gasteiger partial charge in [0.1, 0.15) is 5.75 Å². The molecule has 0 saturated heterocycles. The summed E-state index contributed by atoms with van der Waals surface area (Å²) < 4.78 is 9.31. The van der Waals surface area contributed by atoms with Gasteiger partial charge in [-0.25, -0.2) is 9.59 Å². The van der Waals surface area contributed by atoms with Gasteiger partial charge in [-0.2, -0.15) is 0 Å². The molecule has 0 aromatic heterocycles. The average Bonchev–Trinajstić information content (AvgIpc) is 2.28. The highest BCUT2D eigenvalue weighted by Crippen LogP contribution is 2.15. The lowest BCUT2D eigenvalue weighted by Gasteiger charge is -2.05. The van der Waals surface area contributed by atoms with Crippen molar-refractivity contribution in [2.24, 2.45) is 0 Å². The lowest BCUT2D eigenvalue weighted by Crippen LogP contribution is -2.11. The van der Waals surface area contributed by atoms with Gasteiger partial charge < -0.3 is 14.6 Å². The minimum atomic E-state index is -1.04. The Bertz CT molecular complexity index is 373. The first kappa shape index (κ1) is 11.8. The summed E-state index contributed by atoms with van der Waals surface area (Å²) in [5, 5.41) is 10.8.